The Labute approximate surface area is 172 Å². The van der Waals surface area contributed by atoms with Crippen LogP contribution >= 0.6 is 0 Å². The van der Waals surface area contributed by atoms with Gasteiger partial charge in [-0.2, -0.15) is 0 Å². The predicted octanol–water partition coefficient (Wildman–Crippen LogP) is 2.54. The molecule has 29 heavy (non-hydrogen) atoms. The molecule has 2 amide bonds. The molecule has 0 bridgehead atoms. The Morgan fingerprint density at radius 1 is 1.07 bits per heavy atom. The van der Waals surface area contributed by atoms with Crippen LogP contribution in [0.15, 0.2) is 42.6 Å². The lowest BCUT2D eigenvalue weighted by Gasteiger charge is -2.59. The highest BCUT2D eigenvalue weighted by molar-refractivity contribution is 6.00. The monoisotopic (exact) mass is 392 g/mol. The van der Waals surface area contributed by atoms with Gasteiger partial charge < -0.3 is 14.7 Å². The van der Waals surface area contributed by atoms with Crippen molar-refractivity contribution in [1.29, 1.82) is 0 Å². The van der Waals surface area contributed by atoms with E-state index in [0.717, 1.165) is 16.9 Å². The number of carbonyl (C=O) groups is 2. The minimum atomic E-state index is -0.804. The van der Waals surface area contributed by atoms with Crippen molar-refractivity contribution in [3.05, 3.63) is 59.4 Å². The van der Waals surface area contributed by atoms with Crippen LogP contribution in [0.4, 0.5) is 5.69 Å². The van der Waals surface area contributed by atoms with Crippen LogP contribution in [0.2, 0.25) is 0 Å². The molecular formula is C23H28N4O2. The van der Waals surface area contributed by atoms with E-state index in [9.17, 15) is 9.59 Å². The summed E-state index contributed by atoms with van der Waals surface area (Å²) in [6.45, 7) is 9.57. The van der Waals surface area contributed by atoms with Crippen LogP contribution < -0.4 is 4.90 Å². The molecule has 2 aliphatic heterocycles. The molecule has 6 nitrogen and oxygen atoms in total. The second-order valence-corrected chi connectivity index (χ2v) is 8.54. The van der Waals surface area contributed by atoms with E-state index < -0.39 is 5.54 Å². The highest BCUT2D eigenvalue weighted by Gasteiger charge is 2.59. The molecular weight excluding hydrogens is 364 g/mol. The number of aromatic nitrogens is 1. The van der Waals surface area contributed by atoms with Crippen LogP contribution in [0, 0.1) is 13.8 Å². The van der Waals surface area contributed by atoms with Crippen molar-refractivity contribution in [1.82, 2.24) is 14.8 Å². The van der Waals surface area contributed by atoms with E-state index in [1.807, 2.05) is 69.0 Å². The van der Waals surface area contributed by atoms with Gasteiger partial charge in [0.1, 0.15) is 6.54 Å². The summed E-state index contributed by atoms with van der Waals surface area (Å²) < 4.78 is 0. The fourth-order valence-corrected chi connectivity index (χ4v) is 4.26. The number of aryl methyl sites for hydroxylation is 2. The van der Waals surface area contributed by atoms with E-state index in [2.05, 4.69) is 9.88 Å². The Balaban J connectivity index is 1.64. The summed E-state index contributed by atoms with van der Waals surface area (Å²) in [6.07, 6.45) is 1.79. The smallest absolute Gasteiger partial charge is 0.252 e. The Bertz CT molecular complexity index is 932. The SMILES string of the molecule is Cc1ccc(CN2C(=O)CN(C(C)C)C(=O)C23CN(c2ccnc(C)c2)C3)cc1. The maximum Gasteiger partial charge on any atom is 0.252 e. The Morgan fingerprint density at radius 2 is 1.76 bits per heavy atom. The third kappa shape index (κ3) is 3.37. The topological polar surface area (TPSA) is 56.8 Å². The lowest BCUT2D eigenvalue weighted by molar-refractivity contribution is -0.170. The fraction of sp³-hybridized carbons (Fsp3) is 0.435. The average molecular weight is 393 g/mol. The molecule has 152 valence electrons. The quantitative estimate of drug-likeness (QED) is 0.802. The van der Waals surface area contributed by atoms with E-state index in [-0.39, 0.29) is 24.4 Å². The second-order valence-electron chi connectivity index (χ2n) is 8.54. The van der Waals surface area contributed by atoms with Crippen molar-refractivity contribution in [3.63, 3.8) is 0 Å². The van der Waals surface area contributed by atoms with Crippen molar-refractivity contribution < 1.29 is 9.59 Å². The first-order chi connectivity index (χ1) is 13.8. The van der Waals surface area contributed by atoms with E-state index in [1.54, 1.807) is 11.1 Å². The number of anilines is 1. The first-order valence-electron chi connectivity index (χ1n) is 10.1. The van der Waals surface area contributed by atoms with Crippen LogP contribution in [0.1, 0.15) is 30.7 Å². The van der Waals surface area contributed by atoms with Crippen LogP contribution in [-0.2, 0) is 16.1 Å². The molecule has 2 aliphatic rings. The van der Waals surface area contributed by atoms with Crippen LogP contribution in [0.25, 0.3) is 0 Å². The molecule has 0 atom stereocenters. The third-order valence-corrected chi connectivity index (χ3v) is 6.02. The average Bonchev–Trinajstić information content (AvgIpc) is 2.64. The van der Waals surface area contributed by atoms with E-state index in [1.165, 1.54) is 5.56 Å². The molecule has 2 fully saturated rings. The molecule has 6 heteroatoms. The molecule has 1 spiro atoms. The van der Waals surface area contributed by atoms with Gasteiger partial charge in [-0.3, -0.25) is 14.6 Å². The van der Waals surface area contributed by atoms with Gasteiger partial charge in [0.15, 0.2) is 5.54 Å². The van der Waals surface area contributed by atoms with E-state index >= 15 is 0 Å². The summed E-state index contributed by atoms with van der Waals surface area (Å²) in [5.74, 6) is 0.0747. The van der Waals surface area contributed by atoms with Gasteiger partial charge in [-0.1, -0.05) is 29.8 Å². The number of hydrogen-bond acceptors (Lipinski definition) is 4. The van der Waals surface area contributed by atoms with Crippen LogP contribution in [0.3, 0.4) is 0 Å². The third-order valence-electron chi connectivity index (χ3n) is 6.02. The van der Waals surface area contributed by atoms with Gasteiger partial charge in [-0.05, 0) is 45.4 Å². The minimum absolute atomic E-state index is 0.00192. The number of pyridine rings is 1. The maximum atomic E-state index is 13.5. The molecule has 0 radical (unpaired) electrons. The van der Waals surface area contributed by atoms with Gasteiger partial charge in [0.25, 0.3) is 5.91 Å². The van der Waals surface area contributed by atoms with Crippen molar-refractivity contribution in [3.8, 4) is 0 Å². The number of benzene rings is 1. The molecule has 0 saturated carbocycles. The zero-order valence-corrected chi connectivity index (χ0v) is 17.6. The minimum Gasteiger partial charge on any atom is -0.365 e. The number of rotatable bonds is 4. The highest BCUT2D eigenvalue weighted by Crippen LogP contribution is 2.38. The van der Waals surface area contributed by atoms with Gasteiger partial charge in [0.2, 0.25) is 5.91 Å². The van der Waals surface area contributed by atoms with Crippen molar-refractivity contribution in [2.75, 3.05) is 24.5 Å². The van der Waals surface area contributed by atoms with E-state index in [0.29, 0.717) is 19.6 Å². The van der Waals surface area contributed by atoms with Crippen LogP contribution in [0.5, 0.6) is 0 Å². The summed E-state index contributed by atoms with van der Waals surface area (Å²) in [6, 6.07) is 12.2. The lowest BCUT2D eigenvalue weighted by Crippen LogP contribution is -2.81. The first kappa shape index (κ1) is 19.4. The van der Waals surface area contributed by atoms with Gasteiger partial charge in [0.05, 0.1) is 13.1 Å². The standard InChI is InChI=1S/C23H28N4O2/c1-16(2)26-13-21(28)27(12-19-7-5-17(3)6-8-19)23(22(26)29)14-25(15-23)20-9-10-24-18(4)11-20/h5-11,16H,12-15H2,1-4H3. The van der Waals surface area contributed by atoms with Gasteiger partial charge in [-0.25, -0.2) is 0 Å². The van der Waals surface area contributed by atoms with Crippen molar-refractivity contribution in [2.24, 2.45) is 0 Å². The molecule has 3 heterocycles. The Kier molecular flexibility index (Phi) is 4.81. The summed E-state index contributed by atoms with van der Waals surface area (Å²) >= 11 is 0. The molecule has 0 unspecified atom stereocenters. The summed E-state index contributed by atoms with van der Waals surface area (Å²) in [7, 11) is 0. The Hall–Kier alpha value is -2.89. The highest BCUT2D eigenvalue weighted by atomic mass is 16.2. The molecule has 1 aromatic carbocycles. The second kappa shape index (κ2) is 7.17. The molecule has 2 aromatic rings. The van der Waals surface area contributed by atoms with E-state index in [4.69, 9.17) is 0 Å². The lowest BCUT2D eigenvalue weighted by atomic mass is 9.82. The van der Waals surface area contributed by atoms with Gasteiger partial charge >= 0.3 is 0 Å². The van der Waals surface area contributed by atoms with Gasteiger partial charge in [-0.15, -0.1) is 0 Å². The Morgan fingerprint density at radius 3 is 2.38 bits per heavy atom. The summed E-state index contributed by atoms with van der Waals surface area (Å²) in [5.41, 5.74) is 3.41. The molecule has 4 rings (SSSR count). The number of amides is 2. The number of hydrogen-bond donors (Lipinski definition) is 0. The number of carbonyl (C=O) groups excluding carboxylic acids is 2. The largest absolute Gasteiger partial charge is 0.365 e. The normalized spacial score (nSPS) is 18.6. The number of nitrogens with zero attached hydrogens (tertiary/aromatic N) is 4. The number of piperazine rings is 1. The van der Waals surface area contributed by atoms with Crippen molar-refractivity contribution in [2.45, 2.75) is 45.8 Å². The molecule has 2 saturated heterocycles. The first-order valence-corrected chi connectivity index (χ1v) is 10.1. The maximum absolute atomic E-state index is 13.5. The summed E-state index contributed by atoms with van der Waals surface area (Å²) in [4.78, 5) is 36.6. The van der Waals surface area contributed by atoms with Crippen molar-refractivity contribution >= 4 is 17.5 Å². The van der Waals surface area contributed by atoms with Crippen LogP contribution in [-0.4, -0.2) is 57.8 Å². The molecule has 0 aliphatic carbocycles. The zero-order valence-electron chi connectivity index (χ0n) is 17.6. The summed E-state index contributed by atoms with van der Waals surface area (Å²) in [5, 5.41) is 0. The zero-order chi connectivity index (χ0) is 20.8. The fourth-order valence-electron chi connectivity index (χ4n) is 4.26. The predicted molar refractivity (Wildman–Crippen MR) is 112 cm³/mol. The molecule has 1 aromatic heterocycles. The molecule has 0 N–H and O–H groups in total. The van der Waals surface area contributed by atoms with Gasteiger partial charge in [0, 0.05) is 30.2 Å².